The predicted octanol–water partition coefficient (Wildman–Crippen LogP) is 4.47. The smallest absolute Gasteiger partial charge is 0.194 e. The van der Waals surface area contributed by atoms with E-state index >= 15 is 0 Å². The van der Waals surface area contributed by atoms with Crippen molar-refractivity contribution < 1.29 is 29.3 Å². The van der Waals surface area contributed by atoms with E-state index in [4.69, 9.17) is 16.3 Å². The van der Waals surface area contributed by atoms with Gasteiger partial charge in [0.05, 0.1) is 16.7 Å². The number of rotatable bonds is 6. The number of phenolic OH excluding ortho intramolecular Hbond substituents is 2. The van der Waals surface area contributed by atoms with Gasteiger partial charge in [-0.15, -0.1) is 0 Å². The number of ketones is 3. The molecule has 0 bridgehead atoms. The lowest BCUT2D eigenvalue weighted by Gasteiger charge is -2.29. The quantitative estimate of drug-likeness (QED) is 0.152. The van der Waals surface area contributed by atoms with Crippen LogP contribution >= 0.6 is 11.6 Å². The number of halogens is 1. The lowest BCUT2D eigenvalue weighted by atomic mass is 9.70. The summed E-state index contributed by atoms with van der Waals surface area (Å²) in [5.74, 6) is -2.53. The highest BCUT2D eigenvalue weighted by atomic mass is 35.5. The van der Waals surface area contributed by atoms with Crippen molar-refractivity contribution in [1.29, 1.82) is 0 Å². The summed E-state index contributed by atoms with van der Waals surface area (Å²) >= 11 is 6.06. The van der Waals surface area contributed by atoms with E-state index in [9.17, 15) is 24.6 Å². The lowest BCUT2D eigenvalue weighted by Crippen LogP contribution is -2.41. The zero-order valence-corrected chi connectivity index (χ0v) is 22.5. The number of anilines is 1. The molecule has 0 fully saturated rings. The van der Waals surface area contributed by atoms with Gasteiger partial charge in [0.1, 0.15) is 34.0 Å². The Morgan fingerprint density at radius 3 is 2.59 bits per heavy atom. The number of benzene rings is 2. The van der Waals surface area contributed by atoms with Crippen LogP contribution in [-0.2, 0) is 15.0 Å². The van der Waals surface area contributed by atoms with Crippen molar-refractivity contribution in [3.05, 3.63) is 75.3 Å². The molecule has 0 amide bonds. The van der Waals surface area contributed by atoms with E-state index in [1.807, 2.05) is 12.1 Å². The molecule has 4 N–H and O–H groups in total. The summed E-state index contributed by atoms with van der Waals surface area (Å²) in [5.41, 5.74) is 0.325. The molecule has 1 aliphatic carbocycles. The third kappa shape index (κ3) is 4.01. The van der Waals surface area contributed by atoms with Crippen LogP contribution in [0.25, 0.3) is 10.9 Å². The van der Waals surface area contributed by atoms with E-state index in [0.29, 0.717) is 23.8 Å². The maximum Gasteiger partial charge on any atom is 0.194 e. The molecule has 39 heavy (non-hydrogen) atoms. The fourth-order valence-corrected chi connectivity index (χ4v) is 5.34. The Morgan fingerprint density at radius 1 is 1.13 bits per heavy atom. The largest absolute Gasteiger partial charge is 0.507 e. The maximum atomic E-state index is 13.9. The van der Waals surface area contributed by atoms with Crippen molar-refractivity contribution in [2.24, 2.45) is 0 Å². The Balaban J connectivity index is 1.42. The van der Waals surface area contributed by atoms with Crippen molar-refractivity contribution in [1.82, 2.24) is 10.3 Å². The summed E-state index contributed by atoms with van der Waals surface area (Å²) in [6.45, 7) is 6.73. The Bertz CT molecular complexity index is 1680. The molecule has 3 aromatic rings. The first kappa shape index (κ1) is 26.2. The molecule has 5 rings (SSSR count). The number of pyridine rings is 1. The van der Waals surface area contributed by atoms with Crippen LogP contribution < -0.4 is 15.4 Å². The van der Waals surface area contributed by atoms with Gasteiger partial charge in [-0.2, -0.15) is 0 Å². The van der Waals surface area contributed by atoms with Gasteiger partial charge >= 0.3 is 0 Å². The third-order valence-electron chi connectivity index (χ3n) is 7.30. The maximum absolute atomic E-state index is 13.9. The molecule has 0 saturated heterocycles. The van der Waals surface area contributed by atoms with Gasteiger partial charge in [-0.25, -0.2) is 0 Å². The molecule has 1 atom stereocenters. The highest BCUT2D eigenvalue weighted by Crippen LogP contribution is 2.57. The second-order valence-corrected chi connectivity index (χ2v) is 10.2. The number of carbonyl (C=O) groups excluding carboxylic acids is 3. The molecule has 0 unspecified atom stereocenters. The number of aromatic hydroxyl groups is 2. The zero-order chi connectivity index (χ0) is 28.2. The van der Waals surface area contributed by atoms with E-state index < -0.39 is 28.5 Å². The third-order valence-corrected chi connectivity index (χ3v) is 7.53. The van der Waals surface area contributed by atoms with Gasteiger partial charge in [0.2, 0.25) is 0 Å². The van der Waals surface area contributed by atoms with Crippen LogP contribution in [0.2, 0.25) is 5.02 Å². The van der Waals surface area contributed by atoms with Crippen LogP contribution in [0.3, 0.4) is 0 Å². The molecule has 200 valence electrons. The van der Waals surface area contributed by atoms with Crippen molar-refractivity contribution >= 4 is 45.5 Å². The van der Waals surface area contributed by atoms with Gasteiger partial charge in [0, 0.05) is 52.7 Å². The first-order chi connectivity index (χ1) is 18.5. The molecule has 0 saturated carbocycles. The SMILES string of the molecule is CC(=O)c1c(O)c(C)c(O)c2c1OC1=CC(=O)/C(=C(/C)NCCNc3ccnc4cc(Cl)ccc34)C(=O)[C@@]12C. The highest BCUT2D eigenvalue weighted by molar-refractivity contribution is 6.32. The zero-order valence-electron chi connectivity index (χ0n) is 21.7. The molecule has 2 aromatic carbocycles. The number of Topliss-reactive ketones (excluding diaryl/α,β-unsaturated/α-hetero) is 2. The number of hydrogen-bond donors (Lipinski definition) is 4. The minimum atomic E-state index is -1.55. The molecule has 1 aromatic heterocycles. The van der Waals surface area contributed by atoms with Crippen molar-refractivity contribution in [2.75, 3.05) is 18.4 Å². The second kappa shape index (κ2) is 9.43. The number of allylic oxidation sites excluding steroid dienone is 4. The summed E-state index contributed by atoms with van der Waals surface area (Å²) in [6, 6.07) is 7.30. The van der Waals surface area contributed by atoms with Crippen LogP contribution in [-0.4, -0.2) is 45.6 Å². The second-order valence-electron chi connectivity index (χ2n) is 9.76. The fourth-order valence-electron chi connectivity index (χ4n) is 5.17. The summed E-state index contributed by atoms with van der Waals surface area (Å²) in [7, 11) is 0. The standard InChI is InChI=1S/C29H26ClN3O6/c1-13-25(36)23(15(3)34)27-24(26(13)37)29(4)21(39-27)12-20(35)22(28(29)38)14(2)31-9-10-33-18-7-8-32-19-11-16(30)5-6-17(18)19/h5-8,11-12,31,36-37H,9-10H2,1-4H3,(H,32,33)/b22-14+/t29-/m0/s1. The van der Waals surface area contributed by atoms with Crippen molar-refractivity contribution in [3.63, 3.8) is 0 Å². The van der Waals surface area contributed by atoms with E-state index in [2.05, 4.69) is 15.6 Å². The van der Waals surface area contributed by atoms with E-state index in [0.717, 1.165) is 16.6 Å². The van der Waals surface area contributed by atoms with Crippen LogP contribution in [0, 0.1) is 6.92 Å². The van der Waals surface area contributed by atoms with Crippen LogP contribution in [0.1, 0.15) is 42.3 Å². The molecule has 2 aliphatic rings. The van der Waals surface area contributed by atoms with E-state index in [1.54, 1.807) is 25.3 Å². The first-order valence-corrected chi connectivity index (χ1v) is 12.7. The molecule has 10 heteroatoms. The molecular formula is C29H26ClN3O6. The number of hydrogen-bond acceptors (Lipinski definition) is 9. The van der Waals surface area contributed by atoms with E-state index in [1.165, 1.54) is 26.8 Å². The summed E-state index contributed by atoms with van der Waals surface area (Å²) in [5, 5.41) is 29.4. The Labute approximate surface area is 229 Å². The molecule has 1 aliphatic heterocycles. The lowest BCUT2D eigenvalue weighted by molar-refractivity contribution is -0.123. The summed E-state index contributed by atoms with van der Waals surface area (Å²) < 4.78 is 5.79. The number of phenols is 2. The van der Waals surface area contributed by atoms with Crippen molar-refractivity contribution in [3.8, 4) is 17.2 Å². The molecule has 9 nitrogen and oxygen atoms in total. The topological polar surface area (TPSA) is 138 Å². The van der Waals surface area contributed by atoms with Crippen LogP contribution in [0.5, 0.6) is 17.2 Å². The van der Waals surface area contributed by atoms with Crippen LogP contribution in [0.4, 0.5) is 5.69 Å². The van der Waals surface area contributed by atoms with Gasteiger partial charge in [-0.05, 0) is 52.0 Å². The van der Waals surface area contributed by atoms with Gasteiger partial charge < -0.3 is 25.6 Å². The number of fused-ring (bicyclic) bond motifs is 4. The predicted molar refractivity (Wildman–Crippen MR) is 147 cm³/mol. The molecule has 0 spiro atoms. The molecule has 0 radical (unpaired) electrons. The number of nitrogens with one attached hydrogen (secondary N) is 2. The highest BCUT2D eigenvalue weighted by Gasteiger charge is 2.56. The van der Waals surface area contributed by atoms with E-state index in [-0.39, 0.29) is 39.5 Å². The normalized spacial score (nSPS) is 19.3. The average molecular weight is 548 g/mol. The monoisotopic (exact) mass is 547 g/mol. The Morgan fingerprint density at radius 2 is 1.87 bits per heavy atom. The van der Waals surface area contributed by atoms with Crippen molar-refractivity contribution in [2.45, 2.75) is 33.1 Å². The average Bonchev–Trinajstić information content (AvgIpc) is 3.17. The number of ether oxygens (including phenoxy) is 1. The van der Waals surface area contributed by atoms with Gasteiger partial charge in [0.25, 0.3) is 0 Å². The first-order valence-electron chi connectivity index (χ1n) is 12.3. The van der Waals surface area contributed by atoms with Gasteiger partial charge in [-0.3, -0.25) is 19.4 Å². The number of carbonyl (C=O) groups is 3. The number of aromatic nitrogens is 1. The van der Waals surface area contributed by atoms with Crippen LogP contribution in [0.15, 0.2) is 53.6 Å². The van der Waals surface area contributed by atoms with Gasteiger partial charge in [0.15, 0.2) is 17.3 Å². The summed E-state index contributed by atoms with van der Waals surface area (Å²) in [4.78, 5) is 43.6. The minimum absolute atomic E-state index is 0.00168. The molecular weight excluding hydrogens is 522 g/mol. The molecule has 2 heterocycles. The summed E-state index contributed by atoms with van der Waals surface area (Å²) in [6.07, 6.45) is 2.88. The minimum Gasteiger partial charge on any atom is -0.507 e. The fraction of sp³-hybridized carbons (Fsp3) is 0.241. The Hall–Kier alpha value is -4.37. The Kier molecular flexibility index (Phi) is 6.34. The van der Waals surface area contributed by atoms with Gasteiger partial charge in [-0.1, -0.05) is 11.6 Å². The number of nitrogens with zero attached hydrogens (tertiary/aromatic N) is 1.